The van der Waals surface area contributed by atoms with Gasteiger partial charge in [-0.3, -0.25) is 9.59 Å². The molecule has 2 saturated heterocycles. The Balaban J connectivity index is 1.26. The SMILES string of the molecule is CO[C@@H]1CCN(C(=O)c2ccc(Nc3cc(N4CC[C@@](C#N)(C5CC5)C4=O)ccn3)nc2)C1. The van der Waals surface area contributed by atoms with Crippen LogP contribution in [0.15, 0.2) is 36.7 Å². The van der Waals surface area contributed by atoms with Crippen LogP contribution in [0.1, 0.15) is 36.0 Å². The number of aromatic nitrogens is 2. The zero-order valence-corrected chi connectivity index (χ0v) is 18.5. The van der Waals surface area contributed by atoms with E-state index >= 15 is 0 Å². The quantitative estimate of drug-likeness (QED) is 0.726. The van der Waals surface area contributed by atoms with Gasteiger partial charge in [-0.2, -0.15) is 5.26 Å². The summed E-state index contributed by atoms with van der Waals surface area (Å²) in [5.74, 6) is 1.10. The van der Waals surface area contributed by atoms with Crippen LogP contribution in [0.2, 0.25) is 0 Å². The second-order valence-electron chi connectivity index (χ2n) is 8.92. The van der Waals surface area contributed by atoms with E-state index in [-0.39, 0.29) is 23.8 Å². The summed E-state index contributed by atoms with van der Waals surface area (Å²) < 4.78 is 5.33. The molecule has 0 bridgehead atoms. The van der Waals surface area contributed by atoms with E-state index in [0.717, 1.165) is 19.3 Å². The lowest BCUT2D eigenvalue weighted by Crippen LogP contribution is -2.35. The number of nitrogens with zero attached hydrogens (tertiary/aromatic N) is 5. The van der Waals surface area contributed by atoms with Crippen molar-refractivity contribution < 1.29 is 14.3 Å². The predicted molar refractivity (Wildman–Crippen MR) is 121 cm³/mol. The number of carbonyl (C=O) groups is 2. The summed E-state index contributed by atoms with van der Waals surface area (Å²) in [6.07, 6.45) is 6.58. The zero-order valence-electron chi connectivity index (χ0n) is 18.5. The molecule has 0 radical (unpaired) electrons. The fourth-order valence-electron chi connectivity index (χ4n) is 4.80. The number of anilines is 3. The van der Waals surface area contributed by atoms with Gasteiger partial charge in [-0.1, -0.05) is 0 Å². The second-order valence-corrected chi connectivity index (χ2v) is 8.92. The van der Waals surface area contributed by atoms with Crippen molar-refractivity contribution in [2.24, 2.45) is 11.3 Å². The van der Waals surface area contributed by atoms with E-state index in [9.17, 15) is 14.9 Å². The number of carbonyl (C=O) groups excluding carboxylic acids is 2. The highest BCUT2D eigenvalue weighted by Gasteiger charge is 2.56. The monoisotopic (exact) mass is 446 g/mol. The minimum Gasteiger partial charge on any atom is -0.380 e. The molecule has 4 heterocycles. The van der Waals surface area contributed by atoms with Crippen molar-refractivity contribution in [2.45, 2.75) is 31.8 Å². The van der Waals surface area contributed by atoms with Gasteiger partial charge < -0.3 is 19.9 Å². The number of nitriles is 1. The third-order valence-electron chi connectivity index (χ3n) is 6.92. The van der Waals surface area contributed by atoms with Crippen molar-refractivity contribution in [1.82, 2.24) is 14.9 Å². The molecule has 5 rings (SSSR count). The van der Waals surface area contributed by atoms with Crippen LogP contribution in [0.25, 0.3) is 0 Å². The molecule has 1 aliphatic carbocycles. The van der Waals surface area contributed by atoms with Gasteiger partial charge in [0.1, 0.15) is 17.1 Å². The highest BCUT2D eigenvalue weighted by molar-refractivity contribution is 6.02. The Morgan fingerprint density at radius 2 is 2.06 bits per heavy atom. The summed E-state index contributed by atoms with van der Waals surface area (Å²) in [5, 5.41) is 12.8. The topological polar surface area (TPSA) is 111 Å². The van der Waals surface area contributed by atoms with Crippen LogP contribution in [0.5, 0.6) is 0 Å². The van der Waals surface area contributed by atoms with Crippen molar-refractivity contribution in [2.75, 3.05) is 37.0 Å². The van der Waals surface area contributed by atoms with Gasteiger partial charge in [0.15, 0.2) is 0 Å². The standard InChI is InChI=1S/C24H26N6O3/c1-33-19-7-10-29(14-19)22(31)16-2-5-20(27-13-16)28-21-12-18(6-9-26-21)30-11-8-24(15-25,23(30)32)17-3-4-17/h2,5-6,9,12-13,17,19H,3-4,7-8,10-11,14H2,1H3,(H,26,27,28)/t19-,24-/m1/s1. The number of pyridine rings is 2. The minimum absolute atomic E-state index is 0.0575. The highest BCUT2D eigenvalue weighted by atomic mass is 16.5. The van der Waals surface area contributed by atoms with Crippen molar-refractivity contribution in [1.29, 1.82) is 5.26 Å². The first-order chi connectivity index (χ1) is 16.0. The van der Waals surface area contributed by atoms with E-state index in [0.29, 0.717) is 48.9 Å². The number of hydrogen-bond donors (Lipinski definition) is 1. The lowest BCUT2D eigenvalue weighted by molar-refractivity contribution is -0.123. The van der Waals surface area contributed by atoms with Gasteiger partial charge in [-0.25, -0.2) is 9.97 Å². The molecule has 170 valence electrons. The van der Waals surface area contributed by atoms with Gasteiger partial charge in [0.25, 0.3) is 5.91 Å². The number of nitrogens with one attached hydrogen (secondary N) is 1. The van der Waals surface area contributed by atoms with E-state index in [4.69, 9.17) is 4.74 Å². The molecule has 9 nitrogen and oxygen atoms in total. The molecule has 1 N–H and O–H groups in total. The average molecular weight is 447 g/mol. The number of likely N-dealkylation sites (tertiary alicyclic amines) is 1. The van der Waals surface area contributed by atoms with E-state index in [1.165, 1.54) is 0 Å². The van der Waals surface area contributed by atoms with Crippen LogP contribution >= 0.6 is 0 Å². The van der Waals surface area contributed by atoms with Crippen molar-refractivity contribution in [3.8, 4) is 6.07 Å². The summed E-state index contributed by atoms with van der Waals surface area (Å²) >= 11 is 0. The first-order valence-electron chi connectivity index (χ1n) is 11.3. The molecule has 9 heteroatoms. The number of methoxy groups -OCH3 is 1. The largest absolute Gasteiger partial charge is 0.380 e. The van der Waals surface area contributed by atoms with Crippen LogP contribution in [0.4, 0.5) is 17.3 Å². The summed E-state index contributed by atoms with van der Waals surface area (Å²) in [6, 6.07) is 9.35. The first kappa shape index (κ1) is 21.3. The lowest BCUT2D eigenvalue weighted by atomic mass is 9.83. The van der Waals surface area contributed by atoms with Gasteiger partial charge >= 0.3 is 0 Å². The van der Waals surface area contributed by atoms with Crippen LogP contribution in [0.3, 0.4) is 0 Å². The predicted octanol–water partition coefficient (Wildman–Crippen LogP) is 2.74. The Kier molecular flexibility index (Phi) is 5.46. The molecule has 33 heavy (non-hydrogen) atoms. The van der Waals surface area contributed by atoms with Gasteiger partial charge in [0.05, 0.1) is 17.7 Å². The van der Waals surface area contributed by atoms with Crippen molar-refractivity contribution in [3.63, 3.8) is 0 Å². The molecule has 2 atom stereocenters. The van der Waals surface area contributed by atoms with Crippen LogP contribution in [0, 0.1) is 22.7 Å². The van der Waals surface area contributed by atoms with Gasteiger partial charge in [0, 0.05) is 50.9 Å². The lowest BCUT2D eigenvalue weighted by Gasteiger charge is -2.21. The van der Waals surface area contributed by atoms with E-state index in [2.05, 4.69) is 21.4 Å². The molecule has 1 saturated carbocycles. The third-order valence-corrected chi connectivity index (χ3v) is 6.92. The van der Waals surface area contributed by atoms with Crippen LogP contribution < -0.4 is 10.2 Å². The number of amides is 2. The number of rotatable bonds is 6. The molecule has 0 aromatic carbocycles. The fraction of sp³-hybridized carbons (Fsp3) is 0.458. The Hall–Kier alpha value is -3.51. The Morgan fingerprint density at radius 1 is 1.21 bits per heavy atom. The average Bonchev–Trinajstić information content (AvgIpc) is 3.48. The number of hydrogen-bond acceptors (Lipinski definition) is 7. The molecule has 3 aliphatic rings. The fourth-order valence-corrected chi connectivity index (χ4v) is 4.80. The number of ether oxygens (including phenoxy) is 1. The minimum atomic E-state index is -0.876. The van der Waals surface area contributed by atoms with E-state index in [1.807, 2.05) is 0 Å². The maximum Gasteiger partial charge on any atom is 0.255 e. The third kappa shape index (κ3) is 3.91. The Bertz CT molecular complexity index is 1110. The molecule has 2 aromatic rings. The normalized spacial score (nSPS) is 24.7. The molecular weight excluding hydrogens is 420 g/mol. The maximum absolute atomic E-state index is 13.1. The Morgan fingerprint density at radius 3 is 2.73 bits per heavy atom. The van der Waals surface area contributed by atoms with Gasteiger partial charge in [0.2, 0.25) is 5.91 Å². The molecular formula is C24H26N6O3. The molecule has 0 spiro atoms. The summed E-state index contributed by atoms with van der Waals surface area (Å²) in [5.41, 5.74) is 0.359. The molecule has 3 fully saturated rings. The zero-order chi connectivity index (χ0) is 23.0. The van der Waals surface area contributed by atoms with Gasteiger partial charge in [-0.05, 0) is 49.8 Å². The first-order valence-corrected chi connectivity index (χ1v) is 11.3. The Labute approximate surface area is 192 Å². The second kappa shape index (κ2) is 8.45. The smallest absolute Gasteiger partial charge is 0.255 e. The molecule has 2 aromatic heterocycles. The summed E-state index contributed by atoms with van der Waals surface area (Å²) in [7, 11) is 1.66. The van der Waals surface area contributed by atoms with Crippen molar-refractivity contribution >= 4 is 29.1 Å². The molecule has 0 unspecified atom stereocenters. The summed E-state index contributed by atoms with van der Waals surface area (Å²) in [4.78, 5) is 37.9. The molecule has 2 aliphatic heterocycles. The summed E-state index contributed by atoms with van der Waals surface area (Å²) in [6.45, 7) is 1.80. The van der Waals surface area contributed by atoms with Crippen LogP contribution in [-0.4, -0.2) is 59.5 Å². The van der Waals surface area contributed by atoms with Gasteiger partial charge in [-0.15, -0.1) is 0 Å². The highest BCUT2D eigenvalue weighted by Crippen LogP contribution is 2.51. The van der Waals surface area contributed by atoms with E-state index in [1.54, 1.807) is 53.6 Å². The molecule has 2 amide bonds. The van der Waals surface area contributed by atoms with Crippen molar-refractivity contribution in [3.05, 3.63) is 42.2 Å². The van der Waals surface area contributed by atoms with Crippen LogP contribution in [-0.2, 0) is 9.53 Å². The maximum atomic E-state index is 13.1. The van der Waals surface area contributed by atoms with E-state index < -0.39 is 5.41 Å².